The number of guanidine groups is 1. The van der Waals surface area contributed by atoms with Crippen molar-refractivity contribution >= 4 is 11.9 Å². The van der Waals surface area contributed by atoms with Gasteiger partial charge in [-0.05, 0) is 38.7 Å². The van der Waals surface area contributed by atoms with Crippen molar-refractivity contribution < 1.29 is 4.79 Å². The van der Waals surface area contributed by atoms with E-state index in [-0.39, 0.29) is 5.91 Å². The van der Waals surface area contributed by atoms with Crippen molar-refractivity contribution in [1.82, 2.24) is 20.4 Å². The number of piperazine rings is 1. The zero-order chi connectivity index (χ0) is 19.8. The molecule has 1 heterocycles. The fourth-order valence-electron chi connectivity index (χ4n) is 3.56. The smallest absolute Gasteiger partial charge is 0.220 e. The Bertz CT molecular complexity index is 663. The van der Waals surface area contributed by atoms with Crippen molar-refractivity contribution in [3.8, 4) is 0 Å². The summed E-state index contributed by atoms with van der Waals surface area (Å²) in [6.07, 6.45) is 3.67. The second-order valence-electron chi connectivity index (χ2n) is 7.93. The molecular formula is C22H35N5O. The number of amides is 1. The van der Waals surface area contributed by atoms with Gasteiger partial charge in [0.15, 0.2) is 5.96 Å². The molecule has 6 heteroatoms. The van der Waals surface area contributed by atoms with Gasteiger partial charge in [-0.1, -0.05) is 29.8 Å². The maximum absolute atomic E-state index is 11.8. The number of hydrogen-bond donors (Lipinski definition) is 2. The molecule has 3 rings (SSSR count). The highest BCUT2D eigenvalue weighted by Gasteiger charge is 2.23. The molecule has 28 heavy (non-hydrogen) atoms. The van der Waals surface area contributed by atoms with Gasteiger partial charge in [-0.2, -0.15) is 0 Å². The molecule has 2 N–H and O–H groups in total. The molecule has 1 aromatic rings. The predicted molar refractivity (Wildman–Crippen MR) is 114 cm³/mol. The lowest BCUT2D eigenvalue weighted by atomic mass is 10.1. The fraction of sp³-hybridized carbons (Fsp3) is 0.636. The van der Waals surface area contributed by atoms with Crippen molar-refractivity contribution in [2.24, 2.45) is 4.99 Å². The van der Waals surface area contributed by atoms with Crippen LogP contribution in [0.3, 0.4) is 0 Å². The molecule has 0 aromatic heterocycles. The van der Waals surface area contributed by atoms with E-state index in [2.05, 4.69) is 58.5 Å². The molecule has 1 aromatic carbocycles. The maximum atomic E-state index is 11.8. The van der Waals surface area contributed by atoms with Gasteiger partial charge in [0.2, 0.25) is 5.91 Å². The Hall–Kier alpha value is -2.08. The zero-order valence-corrected chi connectivity index (χ0v) is 17.4. The first kappa shape index (κ1) is 20.6. The Kier molecular flexibility index (Phi) is 7.71. The number of carbonyl (C=O) groups is 1. The topological polar surface area (TPSA) is 60.0 Å². The number of aliphatic imine (C=N–C) groups is 1. The van der Waals surface area contributed by atoms with Crippen molar-refractivity contribution in [2.45, 2.75) is 52.1 Å². The van der Waals surface area contributed by atoms with Crippen molar-refractivity contribution in [3.63, 3.8) is 0 Å². The lowest BCUT2D eigenvalue weighted by Gasteiger charge is -2.36. The summed E-state index contributed by atoms with van der Waals surface area (Å²) in [5.74, 6) is 1.16. The van der Waals surface area contributed by atoms with Crippen molar-refractivity contribution in [2.75, 3.05) is 39.3 Å². The summed E-state index contributed by atoms with van der Waals surface area (Å²) >= 11 is 0. The van der Waals surface area contributed by atoms with E-state index in [9.17, 15) is 4.79 Å². The number of rotatable bonds is 8. The summed E-state index contributed by atoms with van der Waals surface area (Å²) in [6, 6.07) is 9.23. The number of hydrogen-bond acceptors (Lipinski definition) is 3. The van der Waals surface area contributed by atoms with E-state index < -0.39 is 0 Å². The first-order chi connectivity index (χ1) is 13.6. The van der Waals surface area contributed by atoms with E-state index in [0.717, 1.165) is 64.5 Å². The molecule has 1 aliphatic carbocycles. The third-order valence-electron chi connectivity index (χ3n) is 5.26. The molecule has 0 radical (unpaired) electrons. The highest BCUT2D eigenvalue weighted by atomic mass is 16.1. The van der Waals surface area contributed by atoms with E-state index in [1.165, 1.54) is 11.1 Å². The lowest BCUT2D eigenvalue weighted by molar-refractivity contribution is -0.121. The fourth-order valence-corrected chi connectivity index (χ4v) is 3.56. The lowest BCUT2D eigenvalue weighted by Crippen LogP contribution is -2.52. The second kappa shape index (κ2) is 10.5. The van der Waals surface area contributed by atoms with Crippen LogP contribution in [0.2, 0.25) is 0 Å². The summed E-state index contributed by atoms with van der Waals surface area (Å²) in [5.41, 5.74) is 2.71. The van der Waals surface area contributed by atoms with Crippen LogP contribution in [0.4, 0.5) is 0 Å². The normalized spacial score (nSPS) is 18.2. The van der Waals surface area contributed by atoms with Crippen LogP contribution in [-0.2, 0) is 11.3 Å². The molecule has 1 saturated carbocycles. The number of aryl methyl sites for hydroxylation is 1. The van der Waals surface area contributed by atoms with Gasteiger partial charge in [0.1, 0.15) is 0 Å². The molecule has 2 fully saturated rings. The monoisotopic (exact) mass is 385 g/mol. The van der Waals surface area contributed by atoms with Gasteiger partial charge >= 0.3 is 0 Å². The predicted octanol–water partition coefficient (Wildman–Crippen LogP) is 2.14. The number of carbonyl (C=O) groups excluding carboxylic acids is 1. The van der Waals surface area contributed by atoms with Crippen LogP contribution in [-0.4, -0.2) is 67.0 Å². The molecular weight excluding hydrogens is 350 g/mol. The second-order valence-corrected chi connectivity index (χ2v) is 7.93. The van der Waals surface area contributed by atoms with Gasteiger partial charge < -0.3 is 15.5 Å². The van der Waals surface area contributed by atoms with Gasteiger partial charge in [-0.15, -0.1) is 0 Å². The van der Waals surface area contributed by atoms with Crippen molar-refractivity contribution in [1.29, 1.82) is 0 Å². The summed E-state index contributed by atoms with van der Waals surface area (Å²) in [4.78, 5) is 21.4. The SMILES string of the molecule is CCNC(=NCCCC(=O)NC1CC1)N1CCN(Cc2cccc(C)c2)CC1. The van der Waals surface area contributed by atoms with E-state index in [1.807, 2.05) is 0 Å². The highest BCUT2D eigenvalue weighted by molar-refractivity contribution is 5.80. The Balaban J connectivity index is 1.41. The van der Waals surface area contributed by atoms with Gasteiger partial charge in [-0.25, -0.2) is 0 Å². The maximum Gasteiger partial charge on any atom is 0.220 e. The summed E-state index contributed by atoms with van der Waals surface area (Å²) < 4.78 is 0. The van der Waals surface area contributed by atoms with Gasteiger partial charge in [0.05, 0.1) is 0 Å². The van der Waals surface area contributed by atoms with Crippen molar-refractivity contribution in [3.05, 3.63) is 35.4 Å². The molecule has 2 aliphatic rings. The molecule has 154 valence electrons. The Labute approximate surface area is 169 Å². The van der Waals surface area contributed by atoms with Crippen LogP contribution in [0.25, 0.3) is 0 Å². The van der Waals surface area contributed by atoms with Crippen LogP contribution < -0.4 is 10.6 Å². The molecule has 0 bridgehead atoms. The van der Waals surface area contributed by atoms with Crippen LogP contribution in [0.5, 0.6) is 0 Å². The minimum absolute atomic E-state index is 0.174. The molecule has 1 amide bonds. The highest BCUT2D eigenvalue weighted by Crippen LogP contribution is 2.18. The van der Waals surface area contributed by atoms with Gasteiger partial charge in [0.25, 0.3) is 0 Å². The minimum Gasteiger partial charge on any atom is -0.357 e. The van der Waals surface area contributed by atoms with Crippen LogP contribution >= 0.6 is 0 Å². The molecule has 6 nitrogen and oxygen atoms in total. The molecule has 0 spiro atoms. The quantitative estimate of drug-likeness (QED) is 0.409. The van der Waals surface area contributed by atoms with Gasteiger partial charge in [-0.3, -0.25) is 14.7 Å². The van der Waals surface area contributed by atoms with Crippen LogP contribution in [0, 0.1) is 6.92 Å². The number of benzene rings is 1. The van der Waals surface area contributed by atoms with Gasteiger partial charge in [0, 0.05) is 58.3 Å². The van der Waals surface area contributed by atoms with Crippen LogP contribution in [0.1, 0.15) is 43.7 Å². The number of nitrogens with zero attached hydrogens (tertiary/aromatic N) is 3. The molecule has 1 aliphatic heterocycles. The van der Waals surface area contributed by atoms with E-state index in [0.29, 0.717) is 19.0 Å². The first-order valence-electron chi connectivity index (χ1n) is 10.7. The van der Waals surface area contributed by atoms with E-state index in [1.54, 1.807) is 0 Å². The Morgan fingerprint density at radius 3 is 2.68 bits per heavy atom. The van der Waals surface area contributed by atoms with E-state index >= 15 is 0 Å². The standard InChI is InChI=1S/C22H35N5O/c1-3-23-22(24-11-5-8-21(28)25-20-9-10-20)27-14-12-26(13-15-27)17-19-7-4-6-18(2)16-19/h4,6-7,16,20H,3,5,8-15,17H2,1-2H3,(H,23,24)(H,25,28). The largest absolute Gasteiger partial charge is 0.357 e. The molecule has 1 saturated heterocycles. The molecule has 0 atom stereocenters. The summed E-state index contributed by atoms with van der Waals surface area (Å²) in [6.45, 7) is 10.9. The van der Waals surface area contributed by atoms with Crippen LogP contribution in [0.15, 0.2) is 29.3 Å². The van der Waals surface area contributed by atoms with E-state index in [4.69, 9.17) is 4.99 Å². The minimum atomic E-state index is 0.174. The Morgan fingerprint density at radius 2 is 2.00 bits per heavy atom. The molecule has 0 unspecified atom stereocenters. The Morgan fingerprint density at radius 1 is 1.21 bits per heavy atom. The first-order valence-corrected chi connectivity index (χ1v) is 10.7. The number of nitrogens with one attached hydrogen (secondary N) is 2. The summed E-state index contributed by atoms with van der Waals surface area (Å²) in [7, 11) is 0. The third kappa shape index (κ3) is 6.82. The third-order valence-corrected chi connectivity index (χ3v) is 5.26. The average Bonchev–Trinajstić information content (AvgIpc) is 3.49. The average molecular weight is 386 g/mol. The summed E-state index contributed by atoms with van der Waals surface area (Å²) in [5, 5.41) is 6.45. The zero-order valence-electron chi connectivity index (χ0n) is 17.4.